The molecular formula is C23H28N2O2. The number of aryl methyl sites for hydroxylation is 1. The Balaban J connectivity index is 1.55. The van der Waals surface area contributed by atoms with Crippen molar-refractivity contribution in [2.45, 2.75) is 44.7 Å². The Morgan fingerprint density at radius 3 is 2.67 bits per heavy atom. The van der Waals surface area contributed by atoms with E-state index >= 15 is 0 Å². The van der Waals surface area contributed by atoms with E-state index in [-0.39, 0.29) is 11.4 Å². The zero-order valence-corrected chi connectivity index (χ0v) is 16.7. The van der Waals surface area contributed by atoms with Crippen LogP contribution in [0.25, 0.3) is 0 Å². The summed E-state index contributed by atoms with van der Waals surface area (Å²) < 4.78 is 5.73. The van der Waals surface area contributed by atoms with Crippen LogP contribution in [-0.4, -0.2) is 37.7 Å². The van der Waals surface area contributed by atoms with Crippen molar-refractivity contribution in [2.75, 3.05) is 25.5 Å². The van der Waals surface area contributed by atoms with Gasteiger partial charge in [0.15, 0.2) is 0 Å². The number of carbonyl (C=O) groups is 1. The van der Waals surface area contributed by atoms with Crippen LogP contribution in [0, 0.1) is 0 Å². The predicted molar refractivity (Wildman–Crippen MR) is 108 cm³/mol. The van der Waals surface area contributed by atoms with Gasteiger partial charge >= 0.3 is 5.97 Å². The van der Waals surface area contributed by atoms with Crippen LogP contribution in [0.2, 0.25) is 0 Å². The van der Waals surface area contributed by atoms with Crippen molar-refractivity contribution in [3.8, 4) is 5.75 Å². The molecule has 0 aromatic heterocycles. The third kappa shape index (κ3) is 2.92. The van der Waals surface area contributed by atoms with Crippen LogP contribution in [0.4, 0.5) is 5.69 Å². The van der Waals surface area contributed by atoms with Crippen LogP contribution >= 0.6 is 0 Å². The van der Waals surface area contributed by atoms with Gasteiger partial charge in [0.05, 0.1) is 12.6 Å². The first-order chi connectivity index (χ1) is 12.9. The topological polar surface area (TPSA) is 32.8 Å². The SMILES string of the molecule is CCc1ccccc1CC(=O)Oc1ccc2c(c1)[C@]1(C)CCN(C)C1N2C. The number of likely N-dealkylation sites (tertiary alicyclic amines) is 1. The van der Waals surface area contributed by atoms with Crippen LogP contribution in [-0.2, 0) is 23.1 Å². The van der Waals surface area contributed by atoms with E-state index in [4.69, 9.17) is 4.74 Å². The maximum atomic E-state index is 12.5. The molecule has 0 N–H and O–H groups in total. The molecule has 0 aliphatic carbocycles. The van der Waals surface area contributed by atoms with Gasteiger partial charge in [-0.15, -0.1) is 0 Å². The van der Waals surface area contributed by atoms with Gasteiger partial charge < -0.3 is 9.64 Å². The fourth-order valence-electron chi connectivity index (χ4n) is 5.02. The number of esters is 1. The fourth-order valence-corrected chi connectivity index (χ4v) is 5.02. The summed E-state index contributed by atoms with van der Waals surface area (Å²) in [5.41, 5.74) is 4.87. The van der Waals surface area contributed by atoms with Crippen molar-refractivity contribution in [3.05, 3.63) is 59.2 Å². The minimum atomic E-state index is -0.201. The van der Waals surface area contributed by atoms with Crippen molar-refractivity contribution < 1.29 is 9.53 Å². The first kappa shape index (κ1) is 18.1. The number of ether oxygens (including phenoxy) is 1. The standard InChI is InChI=1S/C23H28N2O2/c1-5-16-8-6-7-9-17(16)14-21(26)27-18-10-11-20-19(15-18)23(2)12-13-24(3)22(23)25(20)4/h6-11,15,22H,5,12-14H2,1-4H3/t22?,23-/m0/s1. The number of fused-ring (bicyclic) bond motifs is 3. The van der Waals surface area contributed by atoms with Crippen LogP contribution in [0.3, 0.4) is 0 Å². The number of carbonyl (C=O) groups excluding carboxylic acids is 1. The Kier molecular flexibility index (Phi) is 4.47. The fraction of sp³-hybridized carbons (Fsp3) is 0.435. The molecule has 4 nitrogen and oxygen atoms in total. The van der Waals surface area contributed by atoms with E-state index < -0.39 is 0 Å². The molecule has 0 saturated carbocycles. The molecule has 1 unspecified atom stereocenters. The number of benzene rings is 2. The van der Waals surface area contributed by atoms with E-state index in [1.54, 1.807) is 0 Å². The normalized spacial score (nSPS) is 24.0. The zero-order chi connectivity index (χ0) is 19.2. The summed E-state index contributed by atoms with van der Waals surface area (Å²) in [7, 11) is 4.34. The summed E-state index contributed by atoms with van der Waals surface area (Å²) in [6.45, 7) is 5.52. The molecule has 27 heavy (non-hydrogen) atoms. The Morgan fingerprint density at radius 2 is 1.93 bits per heavy atom. The average Bonchev–Trinajstić information content (AvgIpc) is 3.08. The summed E-state index contributed by atoms with van der Waals surface area (Å²) in [6.07, 6.45) is 2.72. The van der Waals surface area contributed by atoms with E-state index in [0.29, 0.717) is 18.3 Å². The van der Waals surface area contributed by atoms with E-state index in [0.717, 1.165) is 24.9 Å². The van der Waals surface area contributed by atoms with Gasteiger partial charge in [0.2, 0.25) is 0 Å². The molecule has 4 heteroatoms. The molecular weight excluding hydrogens is 336 g/mol. The van der Waals surface area contributed by atoms with E-state index in [2.05, 4.69) is 55.9 Å². The van der Waals surface area contributed by atoms with Crippen molar-refractivity contribution in [1.29, 1.82) is 0 Å². The van der Waals surface area contributed by atoms with Gasteiger partial charge in [0.1, 0.15) is 5.75 Å². The molecule has 2 atom stereocenters. The van der Waals surface area contributed by atoms with Crippen LogP contribution in [0.5, 0.6) is 5.75 Å². The molecule has 2 aliphatic heterocycles. The zero-order valence-electron chi connectivity index (χ0n) is 16.7. The lowest BCUT2D eigenvalue weighted by Gasteiger charge is -2.32. The minimum absolute atomic E-state index is 0.0794. The molecule has 0 amide bonds. The quantitative estimate of drug-likeness (QED) is 0.611. The van der Waals surface area contributed by atoms with Crippen LogP contribution < -0.4 is 9.64 Å². The highest BCUT2D eigenvalue weighted by atomic mass is 16.5. The lowest BCUT2D eigenvalue weighted by Crippen LogP contribution is -2.45. The monoisotopic (exact) mass is 364 g/mol. The summed E-state index contributed by atoms with van der Waals surface area (Å²) in [6, 6.07) is 14.2. The third-order valence-corrected chi connectivity index (χ3v) is 6.37. The lowest BCUT2D eigenvalue weighted by molar-refractivity contribution is -0.133. The van der Waals surface area contributed by atoms with Crippen molar-refractivity contribution >= 4 is 11.7 Å². The van der Waals surface area contributed by atoms with Crippen LogP contribution in [0.1, 0.15) is 37.0 Å². The number of anilines is 1. The van der Waals surface area contributed by atoms with Crippen LogP contribution in [0.15, 0.2) is 42.5 Å². The number of hydrogen-bond donors (Lipinski definition) is 0. The molecule has 2 aromatic carbocycles. The molecule has 2 aromatic rings. The maximum absolute atomic E-state index is 12.5. The van der Waals surface area contributed by atoms with Gasteiger partial charge in [-0.25, -0.2) is 0 Å². The third-order valence-electron chi connectivity index (χ3n) is 6.37. The second kappa shape index (κ2) is 6.68. The molecule has 1 fully saturated rings. The Hall–Kier alpha value is -2.33. The highest BCUT2D eigenvalue weighted by molar-refractivity contribution is 5.76. The van der Waals surface area contributed by atoms with Crippen molar-refractivity contribution in [3.63, 3.8) is 0 Å². The Labute approximate surface area is 161 Å². The molecule has 2 aliphatic rings. The molecule has 1 saturated heterocycles. The molecule has 142 valence electrons. The lowest BCUT2D eigenvalue weighted by atomic mass is 9.81. The molecule has 0 bridgehead atoms. The van der Waals surface area contributed by atoms with Gasteiger partial charge in [0.25, 0.3) is 0 Å². The molecule has 2 heterocycles. The van der Waals surface area contributed by atoms with E-state index in [1.807, 2.05) is 24.3 Å². The second-order valence-electron chi connectivity index (χ2n) is 8.08. The highest BCUT2D eigenvalue weighted by Crippen LogP contribution is 2.51. The smallest absolute Gasteiger partial charge is 0.315 e. The van der Waals surface area contributed by atoms with Gasteiger partial charge in [-0.05, 0) is 54.8 Å². The summed E-state index contributed by atoms with van der Waals surface area (Å²) in [5, 5.41) is 0. The van der Waals surface area contributed by atoms with Gasteiger partial charge in [-0.1, -0.05) is 38.1 Å². The number of likely N-dealkylation sites (N-methyl/N-ethyl adjacent to an activating group) is 2. The summed E-state index contributed by atoms with van der Waals surface area (Å²) in [4.78, 5) is 17.3. The molecule has 0 radical (unpaired) electrons. The van der Waals surface area contributed by atoms with Gasteiger partial charge in [-0.3, -0.25) is 9.69 Å². The van der Waals surface area contributed by atoms with E-state index in [1.165, 1.54) is 16.8 Å². The van der Waals surface area contributed by atoms with Gasteiger partial charge in [0, 0.05) is 24.7 Å². The molecule has 0 spiro atoms. The summed E-state index contributed by atoms with van der Waals surface area (Å²) >= 11 is 0. The number of rotatable bonds is 4. The average molecular weight is 364 g/mol. The van der Waals surface area contributed by atoms with E-state index in [9.17, 15) is 4.79 Å². The first-order valence-corrected chi connectivity index (χ1v) is 9.79. The molecule has 4 rings (SSSR count). The first-order valence-electron chi connectivity index (χ1n) is 9.79. The Morgan fingerprint density at radius 1 is 1.19 bits per heavy atom. The Bertz CT molecular complexity index is 878. The van der Waals surface area contributed by atoms with Crippen molar-refractivity contribution in [1.82, 2.24) is 4.90 Å². The van der Waals surface area contributed by atoms with Crippen molar-refractivity contribution in [2.24, 2.45) is 0 Å². The minimum Gasteiger partial charge on any atom is -0.426 e. The van der Waals surface area contributed by atoms with Gasteiger partial charge in [-0.2, -0.15) is 0 Å². The number of nitrogens with zero attached hydrogens (tertiary/aromatic N) is 2. The maximum Gasteiger partial charge on any atom is 0.315 e. The summed E-state index contributed by atoms with van der Waals surface area (Å²) in [5.74, 6) is 0.449. The predicted octanol–water partition coefficient (Wildman–Crippen LogP) is 3.77. The highest BCUT2D eigenvalue weighted by Gasteiger charge is 2.52. The number of hydrogen-bond acceptors (Lipinski definition) is 4. The largest absolute Gasteiger partial charge is 0.426 e. The second-order valence-corrected chi connectivity index (χ2v) is 8.08.